The molecule has 0 aromatic heterocycles. The molecule has 1 aromatic carbocycles. The Morgan fingerprint density at radius 2 is 1.79 bits per heavy atom. The van der Waals surface area contributed by atoms with Crippen LogP contribution in [0.25, 0.3) is 0 Å². The Morgan fingerprint density at radius 3 is 2.37 bits per heavy atom. The molecule has 3 heteroatoms. The zero-order chi connectivity index (χ0) is 13.7. The van der Waals surface area contributed by atoms with Crippen molar-refractivity contribution >= 4 is 5.91 Å². The fraction of sp³-hybridized carbons (Fsp3) is 0.562. The number of nitrogens with two attached hydrogens (primary N) is 1. The second kappa shape index (κ2) is 6.71. The molecule has 0 heterocycles. The molecule has 0 unspecified atom stereocenters. The quantitative estimate of drug-likeness (QED) is 0.883. The highest BCUT2D eigenvalue weighted by Crippen LogP contribution is 2.25. The van der Waals surface area contributed by atoms with Gasteiger partial charge in [-0.05, 0) is 29.9 Å². The van der Waals surface area contributed by atoms with E-state index >= 15 is 0 Å². The summed E-state index contributed by atoms with van der Waals surface area (Å²) in [4.78, 5) is 14.1. The lowest BCUT2D eigenvalue weighted by molar-refractivity contribution is -0.129. The number of carbonyl (C=O) groups is 1. The highest BCUT2D eigenvalue weighted by molar-refractivity contribution is 5.78. The number of rotatable bonds is 5. The van der Waals surface area contributed by atoms with Crippen LogP contribution in [0.1, 0.15) is 36.8 Å². The predicted molar refractivity (Wildman–Crippen MR) is 77.6 cm³/mol. The normalized spacial score (nSPS) is 15.7. The zero-order valence-electron chi connectivity index (χ0n) is 11.8. The summed E-state index contributed by atoms with van der Waals surface area (Å²) < 4.78 is 0. The van der Waals surface area contributed by atoms with Crippen molar-refractivity contribution in [3.8, 4) is 0 Å². The number of benzene rings is 1. The van der Waals surface area contributed by atoms with Crippen LogP contribution >= 0.6 is 0 Å². The van der Waals surface area contributed by atoms with E-state index in [0.717, 1.165) is 17.7 Å². The predicted octanol–water partition coefficient (Wildman–Crippen LogP) is 2.34. The third-order valence-electron chi connectivity index (χ3n) is 4.05. The lowest BCUT2D eigenvalue weighted by atomic mass is 10.1. The number of likely N-dealkylation sites (N-methyl/N-ethyl adjacent to an activating group) is 1. The number of amides is 1. The minimum atomic E-state index is 0.215. The molecule has 0 radical (unpaired) electrons. The smallest absolute Gasteiger partial charge is 0.226 e. The Balaban J connectivity index is 1.84. The molecule has 0 atom stereocenters. The first-order chi connectivity index (χ1) is 9.19. The van der Waals surface area contributed by atoms with Gasteiger partial charge in [-0.2, -0.15) is 0 Å². The molecule has 0 saturated heterocycles. The molecule has 19 heavy (non-hydrogen) atoms. The van der Waals surface area contributed by atoms with Gasteiger partial charge in [0.1, 0.15) is 0 Å². The molecule has 104 valence electrons. The van der Waals surface area contributed by atoms with Gasteiger partial charge in [0.15, 0.2) is 0 Å². The van der Waals surface area contributed by atoms with Gasteiger partial charge in [0.25, 0.3) is 0 Å². The minimum absolute atomic E-state index is 0.215. The molecule has 1 aromatic rings. The zero-order valence-corrected chi connectivity index (χ0v) is 11.8. The Labute approximate surface area is 115 Å². The Kier molecular flexibility index (Phi) is 4.97. The second-order valence-corrected chi connectivity index (χ2v) is 5.62. The monoisotopic (exact) mass is 260 g/mol. The van der Waals surface area contributed by atoms with Gasteiger partial charge in [-0.25, -0.2) is 0 Å². The number of nitrogens with zero attached hydrogens (tertiary/aromatic N) is 1. The molecule has 1 aliphatic carbocycles. The summed E-state index contributed by atoms with van der Waals surface area (Å²) in [6.45, 7) is 1.47. The number of carbonyl (C=O) groups excluding carboxylic acids is 1. The van der Waals surface area contributed by atoms with E-state index in [1.165, 1.54) is 25.7 Å². The average molecular weight is 260 g/mol. The van der Waals surface area contributed by atoms with Crippen molar-refractivity contribution in [3.05, 3.63) is 35.4 Å². The molecule has 2 rings (SSSR count). The van der Waals surface area contributed by atoms with Crippen molar-refractivity contribution in [1.82, 2.24) is 4.90 Å². The molecule has 1 aliphatic rings. The van der Waals surface area contributed by atoms with Crippen LogP contribution in [-0.4, -0.2) is 24.4 Å². The Morgan fingerprint density at radius 1 is 1.21 bits per heavy atom. The van der Waals surface area contributed by atoms with Crippen LogP contribution in [-0.2, 0) is 17.8 Å². The van der Waals surface area contributed by atoms with Crippen LogP contribution in [0.5, 0.6) is 0 Å². The highest BCUT2D eigenvalue weighted by Gasteiger charge is 2.19. The van der Waals surface area contributed by atoms with E-state index < -0.39 is 0 Å². The van der Waals surface area contributed by atoms with Crippen LogP contribution in [0.2, 0.25) is 0 Å². The third-order valence-corrected chi connectivity index (χ3v) is 4.05. The lowest BCUT2D eigenvalue weighted by Gasteiger charge is -2.21. The SMILES string of the molecule is CN(CC1CCCC1)C(=O)Cc1ccc(CN)cc1. The van der Waals surface area contributed by atoms with Crippen LogP contribution in [0, 0.1) is 5.92 Å². The number of hydrogen-bond donors (Lipinski definition) is 1. The van der Waals surface area contributed by atoms with Crippen LogP contribution in [0.3, 0.4) is 0 Å². The van der Waals surface area contributed by atoms with E-state index in [2.05, 4.69) is 0 Å². The van der Waals surface area contributed by atoms with Gasteiger partial charge < -0.3 is 10.6 Å². The summed E-state index contributed by atoms with van der Waals surface area (Å²) in [5.41, 5.74) is 7.74. The molecule has 0 bridgehead atoms. The standard InChI is InChI=1S/C16H24N2O/c1-18(12-15-4-2-3-5-15)16(19)10-13-6-8-14(11-17)9-7-13/h6-9,15H,2-5,10-12,17H2,1H3. The fourth-order valence-electron chi connectivity index (χ4n) is 2.78. The fourth-order valence-corrected chi connectivity index (χ4v) is 2.78. The van der Waals surface area contributed by atoms with Gasteiger partial charge in [-0.1, -0.05) is 37.1 Å². The lowest BCUT2D eigenvalue weighted by Crippen LogP contribution is -2.32. The van der Waals surface area contributed by atoms with Gasteiger partial charge in [-0.15, -0.1) is 0 Å². The van der Waals surface area contributed by atoms with Crippen molar-refractivity contribution in [1.29, 1.82) is 0 Å². The topological polar surface area (TPSA) is 46.3 Å². The van der Waals surface area contributed by atoms with E-state index in [-0.39, 0.29) is 5.91 Å². The maximum atomic E-state index is 12.2. The van der Waals surface area contributed by atoms with Crippen LogP contribution < -0.4 is 5.73 Å². The summed E-state index contributed by atoms with van der Waals surface area (Å²) in [5.74, 6) is 0.931. The highest BCUT2D eigenvalue weighted by atomic mass is 16.2. The summed E-state index contributed by atoms with van der Waals surface area (Å²) in [6, 6.07) is 8.01. The maximum Gasteiger partial charge on any atom is 0.226 e. The third kappa shape index (κ3) is 4.06. The molecule has 1 amide bonds. The van der Waals surface area contributed by atoms with Gasteiger partial charge >= 0.3 is 0 Å². The molecule has 0 spiro atoms. The second-order valence-electron chi connectivity index (χ2n) is 5.62. The average Bonchev–Trinajstić information content (AvgIpc) is 2.92. The van der Waals surface area contributed by atoms with Crippen LogP contribution in [0.15, 0.2) is 24.3 Å². The molecule has 2 N–H and O–H groups in total. The summed E-state index contributed by atoms with van der Waals surface area (Å²) in [7, 11) is 1.93. The van der Waals surface area contributed by atoms with Gasteiger partial charge in [0.05, 0.1) is 6.42 Å². The first-order valence-corrected chi connectivity index (χ1v) is 7.21. The summed E-state index contributed by atoms with van der Waals surface area (Å²) >= 11 is 0. The van der Waals surface area contributed by atoms with Crippen molar-refractivity contribution < 1.29 is 4.79 Å². The summed E-state index contributed by atoms with van der Waals surface area (Å²) in [6.07, 6.45) is 5.71. The van der Waals surface area contributed by atoms with E-state index in [4.69, 9.17) is 5.73 Å². The van der Waals surface area contributed by atoms with Crippen molar-refractivity contribution in [3.63, 3.8) is 0 Å². The van der Waals surface area contributed by atoms with Gasteiger partial charge in [0.2, 0.25) is 5.91 Å². The molecule has 0 aliphatic heterocycles. The van der Waals surface area contributed by atoms with Crippen molar-refractivity contribution in [2.24, 2.45) is 11.7 Å². The molecular formula is C16H24N2O. The van der Waals surface area contributed by atoms with Gasteiger partial charge in [0, 0.05) is 20.1 Å². The molecule has 3 nitrogen and oxygen atoms in total. The minimum Gasteiger partial charge on any atom is -0.345 e. The van der Waals surface area contributed by atoms with Gasteiger partial charge in [-0.3, -0.25) is 4.79 Å². The van der Waals surface area contributed by atoms with E-state index in [0.29, 0.717) is 18.9 Å². The molecular weight excluding hydrogens is 236 g/mol. The Bertz CT molecular complexity index is 407. The summed E-state index contributed by atoms with van der Waals surface area (Å²) in [5, 5.41) is 0. The first kappa shape index (κ1) is 14.1. The molecule has 1 fully saturated rings. The Hall–Kier alpha value is -1.35. The maximum absolute atomic E-state index is 12.2. The van der Waals surface area contributed by atoms with E-state index in [1.54, 1.807) is 0 Å². The van der Waals surface area contributed by atoms with Crippen molar-refractivity contribution in [2.75, 3.05) is 13.6 Å². The number of hydrogen-bond acceptors (Lipinski definition) is 2. The van der Waals surface area contributed by atoms with E-state index in [9.17, 15) is 4.79 Å². The van der Waals surface area contributed by atoms with Crippen LogP contribution in [0.4, 0.5) is 0 Å². The first-order valence-electron chi connectivity index (χ1n) is 7.21. The largest absolute Gasteiger partial charge is 0.345 e. The van der Waals surface area contributed by atoms with Crippen molar-refractivity contribution in [2.45, 2.75) is 38.6 Å². The van der Waals surface area contributed by atoms with E-state index in [1.807, 2.05) is 36.2 Å². The molecule has 1 saturated carbocycles.